The van der Waals surface area contributed by atoms with Gasteiger partial charge in [0.05, 0.1) is 0 Å². The van der Waals surface area contributed by atoms with Crippen molar-refractivity contribution in [2.75, 3.05) is 0 Å². The van der Waals surface area contributed by atoms with Crippen molar-refractivity contribution in [2.45, 2.75) is 0 Å². The molecule has 0 bridgehead atoms. The minimum atomic E-state index is -0.0825. The highest BCUT2D eigenvalue weighted by atomic mass is 35.5. The Morgan fingerprint density at radius 1 is 1.43 bits per heavy atom. The molecule has 2 nitrogen and oxygen atoms in total. The smallest absolute Gasteiger partial charge is 0.252 e. The third kappa shape index (κ3) is 1.61. The molecule has 0 atom stereocenters. The number of hydrogen-bond acceptors (Lipinski definition) is 2. The first kappa shape index (κ1) is 9.49. The maximum atomic E-state index is 11.4. The molecule has 2 rings (SSSR count). The maximum Gasteiger partial charge on any atom is 0.252 e. The number of rotatable bonds is 1. The van der Waals surface area contributed by atoms with Gasteiger partial charge in [0.1, 0.15) is 5.15 Å². The molecule has 0 amide bonds. The van der Waals surface area contributed by atoms with Gasteiger partial charge in [0.15, 0.2) is 0 Å². The van der Waals surface area contributed by atoms with E-state index in [4.69, 9.17) is 11.6 Å². The van der Waals surface area contributed by atoms with Gasteiger partial charge in [-0.05, 0) is 17.5 Å². The molecular formula is C10H8ClNOS. The average molecular weight is 226 g/mol. The van der Waals surface area contributed by atoms with Gasteiger partial charge in [-0.15, -0.1) is 11.3 Å². The molecule has 0 aliphatic rings. The van der Waals surface area contributed by atoms with Crippen molar-refractivity contribution in [3.63, 3.8) is 0 Å². The number of hydrogen-bond donors (Lipinski definition) is 0. The third-order valence-corrected chi connectivity index (χ3v) is 3.29. The molecule has 2 aromatic heterocycles. The van der Waals surface area contributed by atoms with Crippen molar-refractivity contribution < 1.29 is 0 Å². The van der Waals surface area contributed by atoms with Crippen LogP contribution in [0.4, 0.5) is 0 Å². The van der Waals surface area contributed by atoms with Crippen LogP contribution < -0.4 is 5.56 Å². The molecule has 0 N–H and O–H groups in total. The summed E-state index contributed by atoms with van der Waals surface area (Å²) in [6.07, 6.45) is 0. The zero-order valence-electron chi connectivity index (χ0n) is 7.53. The fourth-order valence-electron chi connectivity index (χ4n) is 1.19. The molecule has 2 aromatic rings. The van der Waals surface area contributed by atoms with Gasteiger partial charge in [-0.3, -0.25) is 4.79 Å². The summed E-state index contributed by atoms with van der Waals surface area (Å²) >= 11 is 7.50. The van der Waals surface area contributed by atoms with E-state index >= 15 is 0 Å². The number of pyridine rings is 1. The molecule has 0 aliphatic carbocycles. The van der Waals surface area contributed by atoms with E-state index in [0.717, 1.165) is 10.4 Å². The number of nitrogens with zero attached hydrogens (tertiary/aromatic N) is 1. The van der Waals surface area contributed by atoms with Gasteiger partial charge in [-0.2, -0.15) is 0 Å². The van der Waals surface area contributed by atoms with Crippen LogP contribution >= 0.6 is 22.9 Å². The van der Waals surface area contributed by atoms with E-state index in [1.807, 2.05) is 17.5 Å². The van der Waals surface area contributed by atoms with Crippen LogP contribution in [0.25, 0.3) is 10.4 Å². The minimum absolute atomic E-state index is 0.0825. The summed E-state index contributed by atoms with van der Waals surface area (Å²) in [5.41, 5.74) is 0.800. The second-order valence-corrected chi connectivity index (χ2v) is 4.28. The molecule has 4 heteroatoms. The zero-order chi connectivity index (χ0) is 10.1. The molecule has 0 radical (unpaired) electrons. The third-order valence-electron chi connectivity index (χ3n) is 2.01. The lowest BCUT2D eigenvalue weighted by Gasteiger charge is -2.02. The summed E-state index contributed by atoms with van der Waals surface area (Å²) < 4.78 is 1.42. The van der Waals surface area contributed by atoms with Crippen LogP contribution in [-0.4, -0.2) is 4.57 Å². The SMILES string of the molecule is Cn1c(Cl)cc(-c2cccs2)cc1=O. The Labute approximate surface area is 90.4 Å². The number of halogens is 1. The van der Waals surface area contributed by atoms with E-state index in [1.54, 1.807) is 30.5 Å². The molecule has 0 aromatic carbocycles. The normalized spacial score (nSPS) is 10.4. The predicted octanol–water partition coefficient (Wildman–Crippen LogP) is 2.77. The van der Waals surface area contributed by atoms with Crippen LogP contribution in [0.2, 0.25) is 5.15 Å². The van der Waals surface area contributed by atoms with Crippen LogP contribution in [0.3, 0.4) is 0 Å². The fourth-order valence-corrected chi connectivity index (χ4v) is 2.10. The Kier molecular flexibility index (Phi) is 2.44. The standard InChI is InChI=1S/C10H8ClNOS/c1-12-9(11)5-7(6-10(12)13)8-3-2-4-14-8/h2-6H,1H3. The highest BCUT2D eigenvalue weighted by Gasteiger charge is 2.03. The van der Waals surface area contributed by atoms with Crippen molar-refractivity contribution in [3.05, 3.63) is 45.2 Å². The Morgan fingerprint density at radius 3 is 2.79 bits per heavy atom. The molecule has 0 aliphatic heterocycles. The first-order chi connectivity index (χ1) is 6.68. The summed E-state index contributed by atoms with van der Waals surface area (Å²) in [6.45, 7) is 0. The summed E-state index contributed by atoms with van der Waals surface area (Å²) in [5, 5.41) is 2.43. The van der Waals surface area contributed by atoms with Crippen molar-refractivity contribution in [1.82, 2.24) is 4.57 Å². The quantitative estimate of drug-likeness (QED) is 0.684. The summed E-state index contributed by atoms with van der Waals surface area (Å²) in [4.78, 5) is 12.5. The number of thiophene rings is 1. The van der Waals surface area contributed by atoms with E-state index in [2.05, 4.69) is 0 Å². The summed E-state index contributed by atoms with van der Waals surface area (Å²) in [6, 6.07) is 7.31. The predicted molar refractivity (Wildman–Crippen MR) is 60.0 cm³/mol. The Hall–Kier alpha value is -1.06. The van der Waals surface area contributed by atoms with Crippen molar-refractivity contribution >= 4 is 22.9 Å². The maximum absolute atomic E-state index is 11.4. The van der Waals surface area contributed by atoms with Crippen LogP contribution in [0, 0.1) is 0 Å². The molecule has 14 heavy (non-hydrogen) atoms. The molecule has 0 fully saturated rings. The van der Waals surface area contributed by atoms with Crippen LogP contribution in [0.15, 0.2) is 34.4 Å². The first-order valence-corrected chi connectivity index (χ1v) is 5.35. The largest absolute Gasteiger partial charge is 0.302 e. The van der Waals surface area contributed by atoms with Gasteiger partial charge in [0, 0.05) is 23.6 Å². The van der Waals surface area contributed by atoms with E-state index < -0.39 is 0 Å². The summed E-state index contributed by atoms with van der Waals surface area (Å²) in [5.74, 6) is 0. The van der Waals surface area contributed by atoms with Gasteiger partial charge in [0.25, 0.3) is 5.56 Å². The van der Waals surface area contributed by atoms with E-state index in [1.165, 1.54) is 4.57 Å². The van der Waals surface area contributed by atoms with Crippen molar-refractivity contribution in [2.24, 2.45) is 7.05 Å². The van der Waals surface area contributed by atoms with Crippen LogP contribution in [-0.2, 0) is 7.05 Å². The van der Waals surface area contributed by atoms with Crippen molar-refractivity contribution in [1.29, 1.82) is 0 Å². The van der Waals surface area contributed by atoms with Gasteiger partial charge in [0.2, 0.25) is 0 Å². The van der Waals surface area contributed by atoms with Crippen LogP contribution in [0.5, 0.6) is 0 Å². The fraction of sp³-hybridized carbons (Fsp3) is 0.100. The first-order valence-electron chi connectivity index (χ1n) is 4.09. The Balaban J connectivity index is 2.63. The van der Waals surface area contributed by atoms with Gasteiger partial charge in [-0.25, -0.2) is 0 Å². The molecule has 0 unspecified atom stereocenters. The lowest BCUT2D eigenvalue weighted by Crippen LogP contribution is -2.15. The zero-order valence-corrected chi connectivity index (χ0v) is 9.10. The Morgan fingerprint density at radius 2 is 2.21 bits per heavy atom. The molecular weight excluding hydrogens is 218 g/mol. The number of aromatic nitrogens is 1. The summed E-state index contributed by atoms with van der Waals surface area (Å²) in [7, 11) is 1.66. The van der Waals surface area contributed by atoms with Crippen LogP contribution in [0.1, 0.15) is 0 Å². The lowest BCUT2D eigenvalue weighted by atomic mass is 10.2. The second kappa shape index (κ2) is 3.59. The average Bonchev–Trinajstić information content (AvgIpc) is 2.66. The monoisotopic (exact) mass is 225 g/mol. The molecule has 0 saturated heterocycles. The lowest BCUT2D eigenvalue weighted by molar-refractivity contribution is 0.862. The van der Waals surface area contributed by atoms with Crippen molar-refractivity contribution in [3.8, 4) is 10.4 Å². The highest BCUT2D eigenvalue weighted by Crippen LogP contribution is 2.24. The molecule has 0 spiro atoms. The van der Waals surface area contributed by atoms with Gasteiger partial charge < -0.3 is 4.57 Å². The topological polar surface area (TPSA) is 22.0 Å². The van der Waals surface area contributed by atoms with Gasteiger partial charge in [-0.1, -0.05) is 17.7 Å². The second-order valence-electron chi connectivity index (χ2n) is 2.94. The molecule has 2 heterocycles. The van der Waals surface area contributed by atoms with Gasteiger partial charge >= 0.3 is 0 Å². The van der Waals surface area contributed by atoms with E-state index in [-0.39, 0.29) is 5.56 Å². The molecule has 72 valence electrons. The minimum Gasteiger partial charge on any atom is -0.302 e. The van der Waals surface area contributed by atoms with E-state index in [9.17, 15) is 4.79 Å². The highest BCUT2D eigenvalue weighted by molar-refractivity contribution is 7.13. The van der Waals surface area contributed by atoms with E-state index in [0.29, 0.717) is 5.15 Å². The molecule has 0 saturated carbocycles. The Bertz CT molecular complexity index is 501.